The van der Waals surface area contributed by atoms with Crippen molar-refractivity contribution >= 4 is 0 Å². The van der Waals surface area contributed by atoms with Crippen LogP contribution < -0.4 is 9.47 Å². The monoisotopic (exact) mass is 345 g/mol. The number of rotatable bonds is 7. The molecule has 2 aromatic carbocycles. The Balaban J connectivity index is 1.27. The van der Waals surface area contributed by atoms with Gasteiger partial charge in [0.05, 0.1) is 6.61 Å². The van der Waals surface area contributed by atoms with Crippen LogP contribution in [0.5, 0.6) is 17.2 Å². The van der Waals surface area contributed by atoms with Crippen molar-refractivity contribution in [1.29, 1.82) is 0 Å². The molecule has 0 spiro atoms. The van der Waals surface area contributed by atoms with E-state index in [0.29, 0.717) is 6.61 Å². The molecule has 0 unspecified atom stereocenters. The SMILES string of the molecule is c1ccc(Oc2ccc(OCCCn3cccc4ncnc3-4)cc2)cc1. The summed E-state index contributed by atoms with van der Waals surface area (Å²) in [5, 5.41) is 0. The molecule has 2 heterocycles. The molecule has 2 aliphatic rings. The van der Waals surface area contributed by atoms with E-state index in [2.05, 4.69) is 14.5 Å². The maximum absolute atomic E-state index is 5.82. The lowest BCUT2D eigenvalue weighted by Crippen LogP contribution is -2.07. The Hall–Kier alpha value is -3.34. The van der Waals surface area contributed by atoms with Crippen LogP contribution in [0, 0.1) is 0 Å². The molecule has 2 aromatic rings. The van der Waals surface area contributed by atoms with Crippen LogP contribution in [0.25, 0.3) is 11.5 Å². The third-order valence-corrected chi connectivity index (χ3v) is 4.01. The quantitative estimate of drug-likeness (QED) is 0.458. The zero-order chi connectivity index (χ0) is 17.6. The predicted octanol–water partition coefficient (Wildman–Crippen LogP) is 4.64. The molecule has 0 aromatic heterocycles. The molecular weight excluding hydrogens is 326 g/mol. The van der Waals surface area contributed by atoms with Crippen molar-refractivity contribution in [3.05, 3.63) is 79.3 Å². The Bertz CT molecular complexity index is 920. The van der Waals surface area contributed by atoms with E-state index in [9.17, 15) is 0 Å². The molecule has 0 bridgehead atoms. The molecule has 5 nitrogen and oxygen atoms in total. The van der Waals surface area contributed by atoms with E-state index in [-0.39, 0.29) is 0 Å². The van der Waals surface area contributed by atoms with Gasteiger partial charge in [-0.25, -0.2) is 9.97 Å². The van der Waals surface area contributed by atoms with Crippen LogP contribution in [0.3, 0.4) is 0 Å². The van der Waals surface area contributed by atoms with Gasteiger partial charge < -0.3 is 14.0 Å². The minimum Gasteiger partial charge on any atom is -0.494 e. The van der Waals surface area contributed by atoms with Gasteiger partial charge in [-0.15, -0.1) is 0 Å². The van der Waals surface area contributed by atoms with Gasteiger partial charge in [-0.05, 0) is 55.0 Å². The second kappa shape index (κ2) is 7.70. The molecule has 4 rings (SSSR count). The number of imidazole rings is 1. The Kier molecular flexibility index (Phi) is 4.78. The second-order valence-corrected chi connectivity index (χ2v) is 5.87. The standard InChI is InChI=1S/C21H19N3O2/c1-2-6-18(7-3-1)26-19-11-9-17(10-12-19)25-15-5-14-24-13-4-8-20-21(24)23-16-22-20/h1-4,6-13,16H,5,14-15H2. The molecule has 0 radical (unpaired) electrons. The van der Waals surface area contributed by atoms with E-state index in [1.165, 1.54) is 0 Å². The van der Waals surface area contributed by atoms with Gasteiger partial charge in [-0.3, -0.25) is 0 Å². The van der Waals surface area contributed by atoms with E-state index in [1.807, 2.05) is 72.9 Å². The van der Waals surface area contributed by atoms with Crippen molar-refractivity contribution < 1.29 is 9.47 Å². The molecule has 0 aliphatic carbocycles. The number of pyridine rings is 1. The predicted molar refractivity (Wildman–Crippen MR) is 99.7 cm³/mol. The highest BCUT2D eigenvalue weighted by Gasteiger charge is 2.08. The normalized spacial score (nSPS) is 10.8. The van der Waals surface area contributed by atoms with Crippen LogP contribution in [0.1, 0.15) is 6.42 Å². The number of para-hydroxylation sites is 1. The number of hydrogen-bond acceptors (Lipinski definition) is 4. The van der Waals surface area contributed by atoms with Crippen molar-refractivity contribution in [2.24, 2.45) is 0 Å². The average molecular weight is 345 g/mol. The Labute approximate surface area is 152 Å². The fourth-order valence-electron chi connectivity index (χ4n) is 2.75. The van der Waals surface area contributed by atoms with Crippen LogP contribution >= 0.6 is 0 Å². The summed E-state index contributed by atoms with van der Waals surface area (Å²) in [7, 11) is 0. The van der Waals surface area contributed by atoms with Crippen molar-refractivity contribution in [2.45, 2.75) is 13.0 Å². The third kappa shape index (κ3) is 3.83. The molecule has 130 valence electrons. The smallest absolute Gasteiger partial charge is 0.160 e. The maximum atomic E-state index is 5.82. The molecule has 0 saturated carbocycles. The third-order valence-electron chi connectivity index (χ3n) is 4.01. The van der Waals surface area contributed by atoms with Gasteiger partial charge in [0.2, 0.25) is 0 Å². The van der Waals surface area contributed by atoms with E-state index in [4.69, 9.17) is 9.47 Å². The minimum atomic E-state index is 0.635. The van der Waals surface area contributed by atoms with Crippen molar-refractivity contribution in [1.82, 2.24) is 14.5 Å². The highest BCUT2D eigenvalue weighted by molar-refractivity contribution is 5.50. The maximum Gasteiger partial charge on any atom is 0.160 e. The van der Waals surface area contributed by atoms with E-state index in [1.54, 1.807) is 6.33 Å². The highest BCUT2D eigenvalue weighted by Crippen LogP contribution is 2.23. The number of ether oxygens (including phenoxy) is 2. The number of fused-ring (bicyclic) bond motifs is 1. The van der Waals surface area contributed by atoms with E-state index >= 15 is 0 Å². The van der Waals surface area contributed by atoms with Gasteiger partial charge in [0.25, 0.3) is 0 Å². The summed E-state index contributed by atoms with van der Waals surface area (Å²) in [6.07, 6.45) is 4.50. The van der Waals surface area contributed by atoms with Gasteiger partial charge in [0.15, 0.2) is 5.82 Å². The summed E-state index contributed by atoms with van der Waals surface area (Å²) in [5.74, 6) is 3.36. The number of aryl methyl sites for hydroxylation is 1. The molecule has 2 aliphatic heterocycles. The van der Waals surface area contributed by atoms with Gasteiger partial charge in [0, 0.05) is 12.7 Å². The van der Waals surface area contributed by atoms with Crippen LogP contribution in [-0.2, 0) is 6.54 Å². The molecule has 0 N–H and O–H groups in total. The molecular formula is C21H19N3O2. The fourth-order valence-corrected chi connectivity index (χ4v) is 2.75. The van der Waals surface area contributed by atoms with Crippen molar-refractivity contribution in [3.8, 4) is 28.8 Å². The lowest BCUT2D eigenvalue weighted by molar-refractivity contribution is 0.301. The first-order chi connectivity index (χ1) is 12.9. The van der Waals surface area contributed by atoms with Crippen LogP contribution in [-0.4, -0.2) is 21.1 Å². The lowest BCUT2D eigenvalue weighted by Gasteiger charge is -2.11. The zero-order valence-electron chi connectivity index (χ0n) is 14.3. The summed E-state index contributed by atoms with van der Waals surface area (Å²) in [4.78, 5) is 8.52. The number of aromatic nitrogens is 3. The Morgan fingerprint density at radius 3 is 2.38 bits per heavy atom. The van der Waals surface area contributed by atoms with E-state index < -0.39 is 0 Å². The van der Waals surface area contributed by atoms with Crippen LogP contribution in [0.15, 0.2) is 79.3 Å². The zero-order valence-corrected chi connectivity index (χ0v) is 14.3. The minimum absolute atomic E-state index is 0.635. The largest absolute Gasteiger partial charge is 0.494 e. The van der Waals surface area contributed by atoms with Gasteiger partial charge >= 0.3 is 0 Å². The summed E-state index contributed by atoms with van der Waals surface area (Å²) in [6, 6.07) is 21.4. The first-order valence-electron chi connectivity index (χ1n) is 8.60. The van der Waals surface area contributed by atoms with E-state index in [0.717, 1.165) is 41.7 Å². The molecule has 0 atom stereocenters. The molecule has 0 amide bonds. The van der Waals surface area contributed by atoms with Gasteiger partial charge in [0.1, 0.15) is 29.3 Å². The van der Waals surface area contributed by atoms with Crippen molar-refractivity contribution in [3.63, 3.8) is 0 Å². The number of hydrogen-bond donors (Lipinski definition) is 0. The van der Waals surface area contributed by atoms with Crippen LogP contribution in [0.2, 0.25) is 0 Å². The summed E-state index contributed by atoms with van der Waals surface area (Å²) >= 11 is 0. The topological polar surface area (TPSA) is 49.2 Å². The molecule has 0 fully saturated rings. The number of nitrogens with zero attached hydrogens (tertiary/aromatic N) is 3. The van der Waals surface area contributed by atoms with Crippen molar-refractivity contribution in [2.75, 3.05) is 6.61 Å². The first kappa shape index (κ1) is 16.1. The summed E-state index contributed by atoms with van der Waals surface area (Å²) in [5.41, 5.74) is 0.919. The molecule has 0 saturated heterocycles. The van der Waals surface area contributed by atoms with Gasteiger partial charge in [-0.2, -0.15) is 0 Å². The lowest BCUT2D eigenvalue weighted by atomic mass is 10.3. The fraction of sp³-hybridized carbons (Fsp3) is 0.143. The first-order valence-corrected chi connectivity index (χ1v) is 8.60. The summed E-state index contributed by atoms with van der Waals surface area (Å²) in [6.45, 7) is 1.47. The van der Waals surface area contributed by atoms with Gasteiger partial charge in [-0.1, -0.05) is 18.2 Å². The highest BCUT2D eigenvalue weighted by atomic mass is 16.5. The number of benzene rings is 2. The van der Waals surface area contributed by atoms with Crippen LogP contribution in [0.4, 0.5) is 0 Å². The molecule has 26 heavy (non-hydrogen) atoms. The molecule has 5 heteroatoms. The Morgan fingerprint density at radius 1 is 0.769 bits per heavy atom. The summed E-state index contributed by atoms with van der Waals surface area (Å²) < 4.78 is 13.7. The second-order valence-electron chi connectivity index (χ2n) is 5.87. The average Bonchev–Trinajstić information content (AvgIpc) is 3.17. The Morgan fingerprint density at radius 2 is 1.54 bits per heavy atom.